The summed E-state index contributed by atoms with van der Waals surface area (Å²) in [6.07, 6.45) is 9.86. The van der Waals surface area contributed by atoms with E-state index < -0.39 is 26.8 Å². The molecule has 2 aliphatic carbocycles. The number of amides is 1. The van der Waals surface area contributed by atoms with Crippen LogP contribution in [0.4, 0.5) is 5.69 Å². The highest BCUT2D eigenvalue weighted by molar-refractivity contribution is 7.90. The van der Waals surface area contributed by atoms with Crippen LogP contribution in [0.3, 0.4) is 0 Å². The molecule has 10 heteroatoms. The number of benzene rings is 3. The molecule has 8 nitrogen and oxygen atoms in total. The third-order valence-corrected chi connectivity index (χ3v) is 13.9. The Labute approximate surface area is 300 Å². The Morgan fingerprint density at radius 1 is 1.10 bits per heavy atom. The number of ether oxygens (including phenoxy) is 2. The van der Waals surface area contributed by atoms with Gasteiger partial charge >= 0.3 is 0 Å². The molecule has 2 aliphatic heterocycles. The van der Waals surface area contributed by atoms with Gasteiger partial charge in [-0.05, 0) is 110 Å². The van der Waals surface area contributed by atoms with Gasteiger partial charge in [-0.2, -0.15) is 0 Å². The smallest absolute Gasteiger partial charge is 0.264 e. The summed E-state index contributed by atoms with van der Waals surface area (Å²) in [7, 11) is -2.56. The molecule has 4 aliphatic rings. The Balaban J connectivity index is 1.32. The van der Waals surface area contributed by atoms with Crippen molar-refractivity contribution in [2.45, 2.75) is 68.1 Å². The van der Waals surface area contributed by atoms with Crippen LogP contribution in [-0.4, -0.2) is 58.3 Å². The highest BCUT2D eigenvalue weighted by Gasteiger charge is 2.49. The summed E-state index contributed by atoms with van der Waals surface area (Å²) in [4.78, 5) is 29.1. The van der Waals surface area contributed by atoms with Crippen LogP contribution in [-0.2, 0) is 37.8 Å². The molecule has 6 atom stereocenters. The normalized spacial score (nSPS) is 31.2. The molecule has 2 heterocycles. The van der Waals surface area contributed by atoms with Crippen molar-refractivity contribution in [1.82, 2.24) is 4.72 Å². The molecule has 3 aromatic carbocycles. The Kier molecular flexibility index (Phi) is 9.60. The van der Waals surface area contributed by atoms with Gasteiger partial charge in [-0.1, -0.05) is 61.0 Å². The van der Waals surface area contributed by atoms with Crippen LogP contribution in [0.1, 0.15) is 66.1 Å². The number of carbonyl (C=O) groups is 2. The lowest BCUT2D eigenvalue weighted by atomic mass is 9.64. The highest BCUT2D eigenvalue weighted by Crippen LogP contribution is 2.48. The number of nitrogens with one attached hydrogen (secondary N) is 1. The van der Waals surface area contributed by atoms with Crippen molar-refractivity contribution in [1.29, 1.82) is 0 Å². The molecule has 1 fully saturated rings. The molecule has 3 aromatic rings. The van der Waals surface area contributed by atoms with Gasteiger partial charge in [-0.15, -0.1) is 0 Å². The molecule has 1 amide bonds. The van der Waals surface area contributed by atoms with Gasteiger partial charge in [0.2, 0.25) is 10.0 Å². The number of sulfonamides is 1. The maximum Gasteiger partial charge on any atom is 0.264 e. The summed E-state index contributed by atoms with van der Waals surface area (Å²) in [5, 5.41) is -0.193. The van der Waals surface area contributed by atoms with Crippen molar-refractivity contribution in [3.63, 3.8) is 0 Å². The third-order valence-electron chi connectivity index (χ3n) is 11.7. The Morgan fingerprint density at radius 2 is 1.92 bits per heavy atom. The first kappa shape index (κ1) is 34.8. The van der Waals surface area contributed by atoms with Gasteiger partial charge in [0.25, 0.3) is 5.91 Å². The monoisotopic (exact) mass is 716 g/mol. The number of halogens is 1. The van der Waals surface area contributed by atoms with Gasteiger partial charge in [-0.3, -0.25) is 9.59 Å². The second-order valence-corrected chi connectivity index (χ2v) is 17.1. The van der Waals surface area contributed by atoms with E-state index in [4.69, 9.17) is 21.1 Å². The Hall–Kier alpha value is -3.66. The number of hydrogen-bond acceptors (Lipinski definition) is 7. The molecule has 7 rings (SSSR count). The summed E-state index contributed by atoms with van der Waals surface area (Å²) in [5.74, 6) is -0.333. The van der Waals surface area contributed by atoms with Crippen molar-refractivity contribution < 1.29 is 27.5 Å². The fraction of sp³-hybridized carbons (Fsp3) is 0.450. The Bertz CT molecular complexity index is 1900. The number of aryl methyl sites for hydroxylation is 1. The second-order valence-electron chi connectivity index (χ2n) is 14.7. The topological polar surface area (TPSA) is 102 Å². The van der Waals surface area contributed by atoms with Gasteiger partial charge in [0, 0.05) is 42.1 Å². The van der Waals surface area contributed by atoms with Crippen molar-refractivity contribution in [2.24, 2.45) is 17.8 Å². The molecule has 50 heavy (non-hydrogen) atoms. The maximum absolute atomic E-state index is 14.1. The lowest BCUT2D eigenvalue weighted by Gasteiger charge is -2.48. The number of aldehydes is 1. The average molecular weight is 717 g/mol. The molecular formula is C40H45ClN2O6S. The van der Waals surface area contributed by atoms with E-state index in [1.54, 1.807) is 25.3 Å². The van der Waals surface area contributed by atoms with E-state index >= 15 is 0 Å². The number of nitrogens with zero attached hydrogens (tertiary/aromatic N) is 1. The van der Waals surface area contributed by atoms with Gasteiger partial charge in [0.05, 0.1) is 17.5 Å². The molecule has 1 saturated carbocycles. The predicted molar refractivity (Wildman–Crippen MR) is 195 cm³/mol. The Morgan fingerprint density at radius 3 is 2.66 bits per heavy atom. The fourth-order valence-electron chi connectivity index (χ4n) is 8.78. The summed E-state index contributed by atoms with van der Waals surface area (Å²) >= 11 is 6.44. The van der Waals surface area contributed by atoms with Crippen LogP contribution in [0, 0.1) is 17.8 Å². The molecular weight excluding hydrogens is 672 g/mol. The number of rotatable bonds is 4. The van der Waals surface area contributed by atoms with E-state index in [1.807, 2.05) is 55.5 Å². The summed E-state index contributed by atoms with van der Waals surface area (Å²) in [6.45, 7) is 3.58. The van der Waals surface area contributed by atoms with E-state index in [0.717, 1.165) is 49.6 Å². The average Bonchev–Trinajstić information content (AvgIpc) is 3.24. The molecule has 1 N–H and O–H groups in total. The van der Waals surface area contributed by atoms with E-state index in [9.17, 15) is 18.0 Å². The van der Waals surface area contributed by atoms with Crippen LogP contribution in [0.25, 0.3) is 0 Å². The van der Waals surface area contributed by atoms with Crippen LogP contribution >= 0.6 is 11.6 Å². The quantitative estimate of drug-likeness (QED) is 0.237. The zero-order chi connectivity index (χ0) is 35.1. The zero-order valence-corrected chi connectivity index (χ0v) is 30.2. The lowest BCUT2D eigenvalue weighted by molar-refractivity contribution is -0.135. The molecule has 1 spiro atoms. The first-order chi connectivity index (χ1) is 24.1. The maximum atomic E-state index is 14.1. The standard InChI is InChI=1S/C40H45ClN2O6S/c1-27-8-6-19-40(25-44,48-2)34-15-12-31(34)23-43-24-39(18-7-11-29-21-32(41)14-16-33(29)39)26-49-36-17-13-30(22-35(36)43)38(45)42-50(46,47)37(27)20-28-9-4-3-5-10-28/h3-6,9-10,13-14,16-17,19,21-22,25,27,31,34,37H,7-8,11-12,15,18,20,23-24,26H2,1-2H3,(H,42,45)/b19-6+/t27-,31-,34+,37+,39-,40+/m0/s1. The van der Waals surface area contributed by atoms with Crippen LogP contribution < -0.4 is 14.4 Å². The van der Waals surface area contributed by atoms with Crippen molar-refractivity contribution in [3.8, 4) is 5.75 Å². The van der Waals surface area contributed by atoms with Crippen molar-refractivity contribution >= 4 is 39.5 Å². The number of carbonyl (C=O) groups excluding carboxylic acids is 2. The predicted octanol–water partition coefficient (Wildman–Crippen LogP) is 6.69. The minimum absolute atomic E-state index is 0.0687. The fourth-order valence-corrected chi connectivity index (χ4v) is 10.6. The molecule has 264 valence electrons. The summed E-state index contributed by atoms with van der Waals surface area (Å²) in [6, 6.07) is 20.8. The number of methoxy groups -OCH3 is 1. The first-order valence-electron chi connectivity index (χ1n) is 17.7. The molecule has 0 saturated heterocycles. The van der Waals surface area contributed by atoms with Gasteiger partial charge < -0.3 is 14.4 Å². The van der Waals surface area contributed by atoms with E-state index in [-0.39, 0.29) is 35.2 Å². The van der Waals surface area contributed by atoms with Gasteiger partial charge in [0.15, 0.2) is 6.29 Å². The molecule has 2 bridgehead atoms. The van der Waals surface area contributed by atoms with Gasteiger partial charge in [0.1, 0.15) is 11.4 Å². The van der Waals surface area contributed by atoms with E-state index in [2.05, 4.69) is 21.8 Å². The lowest BCUT2D eigenvalue weighted by Crippen LogP contribution is -2.53. The molecule has 0 aromatic heterocycles. The van der Waals surface area contributed by atoms with E-state index in [0.29, 0.717) is 36.9 Å². The highest BCUT2D eigenvalue weighted by atomic mass is 35.5. The SMILES string of the molecule is CO[C@@]1(C=O)/C=C/C[C@H](C)[C@@H](Cc2ccccc2)S(=O)(=O)NC(=O)c2ccc3c(c2)N(C[C@@H]2CC[C@H]21)C[C@@]1(CCCc2cc(Cl)ccc21)CO3. The third kappa shape index (κ3) is 6.48. The minimum Gasteiger partial charge on any atom is -0.490 e. The summed E-state index contributed by atoms with van der Waals surface area (Å²) in [5.41, 5.74) is 2.83. The molecule has 0 unspecified atom stereocenters. The zero-order valence-electron chi connectivity index (χ0n) is 28.6. The first-order valence-corrected chi connectivity index (χ1v) is 19.6. The minimum atomic E-state index is -4.14. The van der Waals surface area contributed by atoms with E-state index in [1.165, 1.54) is 11.1 Å². The second kappa shape index (κ2) is 13.8. The number of fused-ring (bicyclic) bond motifs is 4. The van der Waals surface area contributed by atoms with Crippen LogP contribution in [0.15, 0.2) is 78.9 Å². The largest absolute Gasteiger partial charge is 0.490 e. The number of anilines is 1. The van der Waals surface area contributed by atoms with Gasteiger partial charge in [-0.25, -0.2) is 13.1 Å². The van der Waals surface area contributed by atoms with Crippen LogP contribution in [0.2, 0.25) is 5.02 Å². The number of allylic oxidation sites excluding steroid dienone is 1. The van der Waals surface area contributed by atoms with Crippen LogP contribution in [0.5, 0.6) is 5.75 Å². The van der Waals surface area contributed by atoms with Crippen molar-refractivity contribution in [2.75, 3.05) is 31.7 Å². The summed E-state index contributed by atoms with van der Waals surface area (Å²) < 4.78 is 43.2. The number of hydrogen-bond donors (Lipinski definition) is 1. The van der Waals surface area contributed by atoms with Crippen molar-refractivity contribution in [3.05, 3.63) is 106 Å². The molecule has 0 radical (unpaired) electrons.